The average Bonchev–Trinajstić information content (AvgIpc) is 2.90. The number of ether oxygens (including phenoxy) is 2. The van der Waals surface area contributed by atoms with Crippen LogP contribution in [-0.4, -0.2) is 37.1 Å². The molecule has 1 N–H and O–H groups in total. The molecule has 1 saturated heterocycles. The highest BCUT2D eigenvalue weighted by molar-refractivity contribution is 5.11. The van der Waals surface area contributed by atoms with E-state index in [0.717, 1.165) is 39.0 Å². The van der Waals surface area contributed by atoms with E-state index in [9.17, 15) is 0 Å². The van der Waals surface area contributed by atoms with Gasteiger partial charge in [0, 0.05) is 24.9 Å². The molecule has 0 saturated carbocycles. The lowest BCUT2D eigenvalue weighted by Crippen LogP contribution is -2.35. The molecule has 1 aliphatic heterocycles. The number of nitrogens with zero attached hydrogens (tertiary/aromatic N) is 1. The first-order chi connectivity index (χ1) is 8.88. The maximum Gasteiger partial charge on any atom is 0.159 e. The summed E-state index contributed by atoms with van der Waals surface area (Å²) < 4.78 is 11.1. The van der Waals surface area contributed by atoms with Crippen LogP contribution < -0.4 is 5.32 Å². The molecule has 0 aliphatic carbocycles. The molecular weight excluding hydrogens is 228 g/mol. The van der Waals surface area contributed by atoms with Gasteiger partial charge in [0.25, 0.3) is 0 Å². The zero-order valence-electron chi connectivity index (χ0n) is 11.0. The molecule has 1 aliphatic rings. The summed E-state index contributed by atoms with van der Waals surface area (Å²) in [6.45, 7) is 4.66. The van der Waals surface area contributed by atoms with Crippen molar-refractivity contribution in [3.63, 3.8) is 0 Å². The zero-order valence-corrected chi connectivity index (χ0v) is 11.0. The van der Waals surface area contributed by atoms with Gasteiger partial charge in [0.05, 0.1) is 13.2 Å². The number of hydrogen-bond acceptors (Lipinski definition) is 4. The Kier molecular flexibility index (Phi) is 5.58. The van der Waals surface area contributed by atoms with Crippen LogP contribution in [0.3, 0.4) is 0 Å². The largest absolute Gasteiger partial charge is 0.350 e. The SMILES string of the molecule is CCCNC(Cc1ccncc1)CC1OCCO1. The molecule has 0 amide bonds. The molecule has 0 bridgehead atoms. The fraction of sp³-hybridized carbons (Fsp3) is 0.643. The van der Waals surface area contributed by atoms with Crippen molar-refractivity contribution in [2.24, 2.45) is 0 Å². The maximum atomic E-state index is 5.53. The molecule has 1 aromatic rings. The summed E-state index contributed by atoms with van der Waals surface area (Å²) in [5.41, 5.74) is 1.30. The molecule has 0 aromatic carbocycles. The van der Waals surface area contributed by atoms with Gasteiger partial charge in [-0.3, -0.25) is 4.98 Å². The summed E-state index contributed by atoms with van der Waals surface area (Å²) in [6.07, 6.45) is 6.68. The van der Waals surface area contributed by atoms with Gasteiger partial charge in [-0.1, -0.05) is 6.92 Å². The molecule has 4 heteroatoms. The van der Waals surface area contributed by atoms with Crippen LogP contribution in [0, 0.1) is 0 Å². The quantitative estimate of drug-likeness (QED) is 0.800. The minimum absolute atomic E-state index is 0.0406. The summed E-state index contributed by atoms with van der Waals surface area (Å²) in [7, 11) is 0. The van der Waals surface area contributed by atoms with Crippen molar-refractivity contribution in [3.05, 3.63) is 30.1 Å². The summed E-state index contributed by atoms with van der Waals surface area (Å²) >= 11 is 0. The van der Waals surface area contributed by atoms with Crippen molar-refractivity contribution < 1.29 is 9.47 Å². The Hall–Kier alpha value is -0.970. The lowest BCUT2D eigenvalue weighted by Gasteiger charge is -2.21. The van der Waals surface area contributed by atoms with Crippen molar-refractivity contribution in [2.75, 3.05) is 19.8 Å². The Morgan fingerprint density at radius 3 is 2.72 bits per heavy atom. The second kappa shape index (κ2) is 7.46. The van der Waals surface area contributed by atoms with E-state index in [0.29, 0.717) is 6.04 Å². The van der Waals surface area contributed by atoms with E-state index in [1.807, 2.05) is 12.4 Å². The van der Waals surface area contributed by atoms with Crippen LogP contribution in [0.1, 0.15) is 25.3 Å². The van der Waals surface area contributed by atoms with Crippen LogP contribution in [0.15, 0.2) is 24.5 Å². The van der Waals surface area contributed by atoms with Gasteiger partial charge < -0.3 is 14.8 Å². The van der Waals surface area contributed by atoms with Gasteiger partial charge in [-0.15, -0.1) is 0 Å². The van der Waals surface area contributed by atoms with Crippen LogP contribution in [0.2, 0.25) is 0 Å². The van der Waals surface area contributed by atoms with E-state index in [4.69, 9.17) is 9.47 Å². The van der Waals surface area contributed by atoms with E-state index in [1.54, 1.807) is 0 Å². The predicted octanol–water partition coefficient (Wildman–Crippen LogP) is 1.76. The molecule has 100 valence electrons. The third-order valence-electron chi connectivity index (χ3n) is 3.08. The van der Waals surface area contributed by atoms with Gasteiger partial charge >= 0.3 is 0 Å². The smallest absolute Gasteiger partial charge is 0.159 e. The number of aromatic nitrogens is 1. The zero-order chi connectivity index (χ0) is 12.6. The molecule has 0 radical (unpaired) electrons. The summed E-state index contributed by atoms with van der Waals surface area (Å²) in [6, 6.07) is 4.53. The van der Waals surface area contributed by atoms with Crippen LogP contribution in [0.25, 0.3) is 0 Å². The molecule has 2 heterocycles. The maximum absolute atomic E-state index is 5.53. The van der Waals surface area contributed by atoms with Gasteiger partial charge in [-0.2, -0.15) is 0 Å². The van der Waals surface area contributed by atoms with Crippen molar-refractivity contribution >= 4 is 0 Å². The molecule has 1 aromatic heterocycles. The second-order valence-electron chi connectivity index (χ2n) is 4.62. The van der Waals surface area contributed by atoms with Gasteiger partial charge in [0.2, 0.25) is 0 Å². The van der Waals surface area contributed by atoms with Crippen LogP contribution in [0.5, 0.6) is 0 Å². The minimum atomic E-state index is -0.0406. The first kappa shape index (κ1) is 13.5. The molecule has 18 heavy (non-hydrogen) atoms. The lowest BCUT2D eigenvalue weighted by atomic mass is 10.0. The van der Waals surface area contributed by atoms with E-state index in [1.165, 1.54) is 5.56 Å². The highest BCUT2D eigenvalue weighted by Gasteiger charge is 2.21. The van der Waals surface area contributed by atoms with Gasteiger partial charge in [-0.05, 0) is 37.1 Å². The summed E-state index contributed by atoms with van der Waals surface area (Å²) in [5, 5.41) is 3.56. The molecule has 1 unspecified atom stereocenters. The molecule has 4 nitrogen and oxygen atoms in total. The first-order valence-electron chi connectivity index (χ1n) is 6.74. The first-order valence-corrected chi connectivity index (χ1v) is 6.74. The summed E-state index contributed by atoms with van der Waals surface area (Å²) in [4.78, 5) is 4.05. The number of pyridine rings is 1. The van der Waals surface area contributed by atoms with Crippen molar-refractivity contribution in [1.82, 2.24) is 10.3 Å². The number of hydrogen-bond donors (Lipinski definition) is 1. The van der Waals surface area contributed by atoms with Gasteiger partial charge in [0.15, 0.2) is 6.29 Å². The van der Waals surface area contributed by atoms with E-state index < -0.39 is 0 Å². The van der Waals surface area contributed by atoms with Gasteiger partial charge in [-0.25, -0.2) is 0 Å². The minimum Gasteiger partial charge on any atom is -0.350 e. The standard InChI is InChI=1S/C14H22N2O2/c1-2-5-16-13(11-14-17-8-9-18-14)10-12-3-6-15-7-4-12/h3-4,6-7,13-14,16H,2,5,8-11H2,1H3. The Morgan fingerprint density at radius 1 is 1.33 bits per heavy atom. The normalized spacial score (nSPS) is 18.1. The van der Waals surface area contributed by atoms with Crippen molar-refractivity contribution in [2.45, 2.75) is 38.5 Å². The third-order valence-corrected chi connectivity index (χ3v) is 3.08. The van der Waals surface area contributed by atoms with Gasteiger partial charge in [0.1, 0.15) is 0 Å². The van der Waals surface area contributed by atoms with E-state index in [-0.39, 0.29) is 6.29 Å². The number of nitrogens with one attached hydrogen (secondary N) is 1. The average molecular weight is 250 g/mol. The number of rotatable bonds is 7. The molecular formula is C14H22N2O2. The second-order valence-corrected chi connectivity index (χ2v) is 4.62. The van der Waals surface area contributed by atoms with Crippen LogP contribution in [0.4, 0.5) is 0 Å². The van der Waals surface area contributed by atoms with E-state index in [2.05, 4.69) is 29.4 Å². The fourth-order valence-corrected chi connectivity index (χ4v) is 2.17. The highest BCUT2D eigenvalue weighted by Crippen LogP contribution is 2.13. The van der Waals surface area contributed by atoms with Crippen molar-refractivity contribution in [3.8, 4) is 0 Å². The van der Waals surface area contributed by atoms with Crippen molar-refractivity contribution in [1.29, 1.82) is 0 Å². The Labute approximate surface area is 109 Å². The predicted molar refractivity (Wildman–Crippen MR) is 70.3 cm³/mol. The summed E-state index contributed by atoms with van der Waals surface area (Å²) in [5.74, 6) is 0. The lowest BCUT2D eigenvalue weighted by molar-refractivity contribution is -0.0526. The van der Waals surface area contributed by atoms with Crippen LogP contribution >= 0.6 is 0 Å². The van der Waals surface area contributed by atoms with E-state index >= 15 is 0 Å². The molecule has 0 spiro atoms. The third kappa shape index (κ3) is 4.37. The van der Waals surface area contributed by atoms with Crippen LogP contribution in [-0.2, 0) is 15.9 Å². The Balaban J connectivity index is 1.87. The molecule has 2 rings (SSSR count). The Bertz CT molecular complexity index is 326. The fourth-order valence-electron chi connectivity index (χ4n) is 2.17. The topological polar surface area (TPSA) is 43.4 Å². The Morgan fingerprint density at radius 2 is 2.06 bits per heavy atom. The highest BCUT2D eigenvalue weighted by atomic mass is 16.7. The molecule has 1 fully saturated rings. The molecule has 1 atom stereocenters. The monoisotopic (exact) mass is 250 g/mol.